The van der Waals surface area contributed by atoms with Gasteiger partial charge in [0.2, 0.25) is 10.0 Å². The molecule has 0 radical (unpaired) electrons. The molecule has 1 rings (SSSR count). The summed E-state index contributed by atoms with van der Waals surface area (Å²) in [5.41, 5.74) is 5.28. The van der Waals surface area contributed by atoms with Crippen molar-refractivity contribution in [2.45, 2.75) is 19.4 Å². The number of thiophene rings is 1. The van der Waals surface area contributed by atoms with E-state index in [9.17, 15) is 13.2 Å². The first-order valence-electron chi connectivity index (χ1n) is 6.28. The minimum absolute atomic E-state index is 0.0925. The molecule has 0 aliphatic carbocycles. The lowest BCUT2D eigenvalue weighted by Crippen LogP contribution is -2.26. The summed E-state index contributed by atoms with van der Waals surface area (Å²) in [7, 11) is -2.12. The predicted molar refractivity (Wildman–Crippen MR) is 82.1 cm³/mol. The third-order valence-electron chi connectivity index (χ3n) is 2.46. The molecule has 0 unspecified atom stereocenters. The number of nitrogens with two attached hydrogens (primary N) is 1. The Labute approximate surface area is 128 Å². The molecule has 1 aromatic heterocycles. The van der Waals surface area contributed by atoms with Gasteiger partial charge in [-0.3, -0.25) is 4.79 Å². The zero-order chi connectivity index (χ0) is 15.7. The van der Waals surface area contributed by atoms with Gasteiger partial charge in [-0.2, -0.15) is 0 Å². The Bertz CT molecular complexity index is 626. The predicted octanol–water partition coefficient (Wildman–Crippen LogP) is 0.431. The average Bonchev–Trinajstić information content (AvgIpc) is 2.90. The van der Waals surface area contributed by atoms with E-state index < -0.39 is 16.0 Å². The Balaban J connectivity index is 2.42. The quantitative estimate of drug-likeness (QED) is 0.558. The first kappa shape index (κ1) is 17.7. The number of carbonyl (C=O) groups excluding carboxylic acids is 1. The van der Waals surface area contributed by atoms with Crippen molar-refractivity contribution < 1.29 is 17.9 Å². The standard InChI is InChI=1S/C13H18N2O4S2/c1-19-13(16)5-3-9-21(17,18)15-10-12-7-6-11(20-12)4-2-8-14/h6-7,15H,3,5,8-10,14H2,1H3. The first-order valence-corrected chi connectivity index (χ1v) is 8.75. The van der Waals surface area contributed by atoms with E-state index in [-0.39, 0.29) is 25.1 Å². The van der Waals surface area contributed by atoms with E-state index in [2.05, 4.69) is 21.3 Å². The van der Waals surface area contributed by atoms with Crippen molar-refractivity contribution in [3.8, 4) is 11.8 Å². The second-order valence-corrected chi connectivity index (χ2v) is 7.19. The first-order chi connectivity index (χ1) is 9.96. The molecule has 0 aromatic carbocycles. The Kier molecular flexibility index (Phi) is 7.39. The van der Waals surface area contributed by atoms with Gasteiger partial charge in [-0.15, -0.1) is 11.3 Å². The third kappa shape index (κ3) is 7.24. The number of methoxy groups -OCH3 is 1. The van der Waals surface area contributed by atoms with Crippen LogP contribution in [-0.2, 0) is 26.1 Å². The van der Waals surface area contributed by atoms with Gasteiger partial charge in [-0.05, 0) is 18.6 Å². The van der Waals surface area contributed by atoms with Crippen LogP contribution in [0.1, 0.15) is 22.6 Å². The molecule has 3 N–H and O–H groups in total. The molecule has 0 amide bonds. The van der Waals surface area contributed by atoms with Crippen LogP contribution in [0.3, 0.4) is 0 Å². The summed E-state index contributed by atoms with van der Waals surface area (Å²) in [6.07, 6.45) is 0.328. The molecule has 0 fully saturated rings. The summed E-state index contributed by atoms with van der Waals surface area (Å²) >= 11 is 1.42. The van der Waals surface area contributed by atoms with Gasteiger partial charge in [0.15, 0.2) is 0 Å². The molecule has 0 aliphatic rings. The van der Waals surface area contributed by atoms with Crippen LogP contribution in [-0.4, -0.2) is 33.8 Å². The Hall–Kier alpha value is -1.40. The number of carbonyl (C=O) groups is 1. The number of hydrogen-bond acceptors (Lipinski definition) is 6. The van der Waals surface area contributed by atoms with Crippen LogP contribution in [0.5, 0.6) is 0 Å². The molecule has 6 nitrogen and oxygen atoms in total. The van der Waals surface area contributed by atoms with Gasteiger partial charge >= 0.3 is 5.97 Å². The highest BCUT2D eigenvalue weighted by Crippen LogP contribution is 2.15. The number of hydrogen-bond donors (Lipinski definition) is 2. The van der Waals surface area contributed by atoms with Crippen molar-refractivity contribution in [2.24, 2.45) is 5.73 Å². The molecule has 0 atom stereocenters. The molecule has 1 aromatic rings. The van der Waals surface area contributed by atoms with Gasteiger partial charge in [0.25, 0.3) is 0 Å². The fourth-order valence-corrected chi connectivity index (χ4v) is 3.40. The highest BCUT2D eigenvalue weighted by atomic mass is 32.2. The van der Waals surface area contributed by atoms with Gasteiger partial charge in [0.05, 0.1) is 24.3 Å². The largest absolute Gasteiger partial charge is 0.469 e. The topological polar surface area (TPSA) is 98.5 Å². The van der Waals surface area contributed by atoms with E-state index in [1.54, 1.807) is 0 Å². The van der Waals surface area contributed by atoms with E-state index in [0.717, 1.165) is 9.75 Å². The molecule has 1 heterocycles. The van der Waals surface area contributed by atoms with E-state index in [1.165, 1.54) is 18.4 Å². The fourth-order valence-electron chi connectivity index (χ4n) is 1.44. The fraction of sp³-hybridized carbons (Fsp3) is 0.462. The summed E-state index contributed by atoms with van der Waals surface area (Å²) in [5.74, 6) is 5.12. The summed E-state index contributed by atoms with van der Waals surface area (Å²) in [6, 6.07) is 3.65. The molecule has 0 aliphatic heterocycles. The lowest BCUT2D eigenvalue weighted by atomic mass is 10.3. The molecule has 116 valence electrons. The van der Waals surface area contributed by atoms with Crippen LogP contribution in [0.15, 0.2) is 12.1 Å². The van der Waals surface area contributed by atoms with Crippen LogP contribution >= 0.6 is 11.3 Å². The highest BCUT2D eigenvalue weighted by molar-refractivity contribution is 7.89. The summed E-state index contributed by atoms with van der Waals surface area (Å²) < 4.78 is 30.4. The lowest BCUT2D eigenvalue weighted by molar-refractivity contribution is -0.140. The number of esters is 1. The van der Waals surface area contributed by atoms with E-state index in [1.807, 2.05) is 12.1 Å². The Morgan fingerprint density at radius 3 is 2.90 bits per heavy atom. The van der Waals surface area contributed by atoms with Crippen LogP contribution in [0.25, 0.3) is 0 Å². The summed E-state index contributed by atoms with van der Waals surface area (Å²) in [4.78, 5) is 12.6. The van der Waals surface area contributed by atoms with E-state index >= 15 is 0 Å². The SMILES string of the molecule is COC(=O)CCCS(=O)(=O)NCc1ccc(C#CCN)s1. The van der Waals surface area contributed by atoms with E-state index in [4.69, 9.17) is 5.73 Å². The molecular weight excluding hydrogens is 312 g/mol. The van der Waals surface area contributed by atoms with Gasteiger partial charge in [0, 0.05) is 17.8 Å². The second kappa shape index (κ2) is 8.79. The number of ether oxygens (including phenoxy) is 1. The zero-order valence-corrected chi connectivity index (χ0v) is 13.4. The van der Waals surface area contributed by atoms with Crippen LogP contribution in [0.2, 0.25) is 0 Å². The summed E-state index contributed by atoms with van der Waals surface area (Å²) in [6.45, 7) is 0.510. The normalized spacial score (nSPS) is 10.8. The van der Waals surface area contributed by atoms with Crippen LogP contribution < -0.4 is 10.5 Å². The molecule has 8 heteroatoms. The Morgan fingerprint density at radius 2 is 2.24 bits per heavy atom. The second-order valence-electron chi connectivity index (χ2n) is 4.09. The maximum atomic E-state index is 11.7. The average molecular weight is 330 g/mol. The molecule has 0 saturated heterocycles. The van der Waals surface area contributed by atoms with Crippen molar-refractivity contribution in [2.75, 3.05) is 19.4 Å². The minimum atomic E-state index is -3.40. The molecule has 0 bridgehead atoms. The number of nitrogens with one attached hydrogen (secondary N) is 1. The van der Waals surface area contributed by atoms with Crippen molar-refractivity contribution >= 4 is 27.3 Å². The third-order valence-corrected chi connectivity index (χ3v) is 4.87. The van der Waals surface area contributed by atoms with Crippen molar-refractivity contribution in [3.63, 3.8) is 0 Å². The zero-order valence-electron chi connectivity index (χ0n) is 11.7. The monoisotopic (exact) mass is 330 g/mol. The van der Waals surface area contributed by atoms with Gasteiger partial charge in [-0.25, -0.2) is 13.1 Å². The maximum Gasteiger partial charge on any atom is 0.305 e. The smallest absolute Gasteiger partial charge is 0.305 e. The summed E-state index contributed by atoms with van der Waals surface area (Å²) in [5, 5.41) is 0. The minimum Gasteiger partial charge on any atom is -0.469 e. The van der Waals surface area contributed by atoms with Gasteiger partial charge in [0.1, 0.15) is 0 Å². The van der Waals surface area contributed by atoms with E-state index in [0.29, 0.717) is 6.54 Å². The molecular formula is C13H18N2O4S2. The van der Waals surface area contributed by atoms with Crippen LogP contribution in [0.4, 0.5) is 0 Å². The number of rotatable bonds is 7. The number of sulfonamides is 1. The van der Waals surface area contributed by atoms with Crippen molar-refractivity contribution in [1.82, 2.24) is 4.72 Å². The van der Waals surface area contributed by atoms with Crippen molar-refractivity contribution in [3.05, 3.63) is 21.9 Å². The highest BCUT2D eigenvalue weighted by Gasteiger charge is 2.12. The Morgan fingerprint density at radius 1 is 1.48 bits per heavy atom. The van der Waals surface area contributed by atoms with Gasteiger partial charge < -0.3 is 10.5 Å². The van der Waals surface area contributed by atoms with Crippen molar-refractivity contribution in [1.29, 1.82) is 0 Å². The molecule has 21 heavy (non-hydrogen) atoms. The molecule has 0 saturated carbocycles. The van der Waals surface area contributed by atoms with Crippen LogP contribution in [0, 0.1) is 11.8 Å². The van der Waals surface area contributed by atoms with Gasteiger partial charge in [-0.1, -0.05) is 11.8 Å². The molecule has 0 spiro atoms. The lowest BCUT2D eigenvalue weighted by Gasteiger charge is -2.04. The maximum absolute atomic E-state index is 11.7.